The quantitative estimate of drug-likeness (QED) is 0.739. The molecule has 5 heterocycles. The van der Waals surface area contributed by atoms with Gasteiger partial charge in [0.1, 0.15) is 6.33 Å². The second-order valence-corrected chi connectivity index (χ2v) is 7.31. The molecule has 0 aliphatic carbocycles. The maximum absolute atomic E-state index is 4.72. The highest BCUT2D eigenvalue weighted by atomic mass is 15.2. The number of aromatic nitrogens is 4. The zero-order valence-corrected chi connectivity index (χ0v) is 14.6. The average Bonchev–Trinajstić information content (AvgIpc) is 3.22. The van der Waals surface area contributed by atoms with Gasteiger partial charge in [0.25, 0.3) is 0 Å². The van der Waals surface area contributed by atoms with Crippen molar-refractivity contribution in [2.75, 3.05) is 6.54 Å². The zero-order chi connectivity index (χ0) is 16.8. The van der Waals surface area contributed by atoms with E-state index < -0.39 is 0 Å². The summed E-state index contributed by atoms with van der Waals surface area (Å²) in [5.41, 5.74) is 6.64. The fourth-order valence-electron chi connectivity index (χ4n) is 4.70. The predicted molar refractivity (Wildman–Crippen MR) is 97.3 cm³/mol. The van der Waals surface area contributed by atoms with Crippen LogP contribution in [0.4, 0.5) is 0 Å². The second-order valence-electron chi connectivity index (χ2n) is 7.31. The molecule has 3 aromatic heterocycles. The number of rotatable bonds is 3. The van der Waals surface area contributed by atoms with Gasteiger partial charge in [0, 0.05) is 55.2 Å². The van der Waals surface area contributed by atoms with Gasteiger partial charge in [0.15, 0.2) is 0 Å². The Bertz CT molecular complexity index is 915. The van der Waals surface area contributed by atoms with E-state index in [4.69, 9.17) is 4.98 Å². The molecule has 0 radical (unpaired) electrons. The number of nitrogens with zero attached hydrogens (tertiary/aromatic N) is 5. The van der Waals surface area contributed by atoms with E-state index in [1.165, 1.54) is 53.7 Å². The Morgan fingerprint density at radius 3 is 3.00 bits per heavy atom. The Morgan fingerprint density at radius 1 is 1.16 bits per heavy atom. The van der Waals surface area contributed by atoms with Crippen LogP contribution in [0.3, 0.4) is 0 Å². The normalized spacial score (nSPS) is 20.0. The highest BCUT2D eigenvalue weighted by Gasteiger charge is 2.33. The molecule has 1 fully saturated rings. The third-order valence-electron chi connectivity index (χ3n) is 5.96. The standard InChI is InChI=1S/C20H23N5/c1-24-19-11-15-3-2-10-25(15)12-17(19)16-7-9-22-18(20(16)24)5-4-14-6-8-21-13-23-14/h6-9,13,15H,2-5,10-12H2,1H3. The van der Waals surface area contributed by atoms with Gasteiger partial charge in [-0.1, -0.05) is 0 Å². The van der Waals surface area contributed by atoms with Crippen molar-refractivity contribution in [2.24, 2.45) is 7.05 Å². The molecule has 5 rings (SSSR count). The van der Waals surface area contributed by atoms with Gasteiger partial charge in [0.2, 0.25) is 0 Å². The third kappa shape index (κ3) is 2.45. The molecule has 0 aromatic carbocycles. The Hall–Kier alpha value is -2.27. The van der Waals surface area contributed by atoms with Crippen molar-refractivity contribution in [1.29, 1.82) is 0 Å². The van der Waals surface area contributed by atoms with Gasteiger partial charge in [-0.05, 0) is 49.9 Å². The molecule has 1 atom stereocenters. The summed E-state index contributed by atoms with van der Waals surface area (Å²) in [5.74, 6) is 0. The van der Waals surface area contributed by atoms with Crippen molar-refractivity contribution in [3.8, 4) is 0 Å². The van der Waals surface area contributed by atoms with E-state index in [9.17, 15) is 0 Å². The first-order chi connectivity index (χ1) is 12.3. The molecule has 1 unspecified atom stereocenters. The van der Waals surface area contributed by atoms with Gasteiger partial charge in [-0.2, -0.15) is 0 Å². The first-order valence-electron chi connectivity index (χ1n) is 9.24. The summed E-state index contributed by atoms with van der Waals surface area (Å²) in [7, 11) is 2.22. The molecule has 2 aliphatic rings. The summed E-state index contributed by atoms with van der Waals surface area (Å²) in [6.07, 6.45) is 11.1. The smallest absolute Gasteiger partial charge is 0.115 e. The lowest BCUT2D eigenvalue weighted by atomic mass is 9.99. The number of pyridine rings is 1. The topological polar surface area (TPSA) is 46.8 Å². The van der Waals surface area contributed by atoms with Crippen molar-refractivity contribution in [2.45, 2.75) is 44.7 Å². The maximum atomic E-state index is 4.72. The Kier molecular flexibility index (Phi) is 3.55. The van der Waals surface area contributed by atoms with E-state index in [1.807, 2.05) is 18.5 Å². The van der Waals surface area contributed by atoms with Gasteiger partial charge in [-0.3, -0.25) is 9.88 Å². The van der Waals surface area contributed by atoms with Crippen molar-refractivity contribution in [1.82, 2.24) is 24.4 Å². The summed E-state index contributed by atoms with van der Waals surface area (Å²) < 4.78 is 2.42. The Labute approximate surface area is 147 Å². The molecule has 0 saturated carbocycles. The molecular weight excluding hydrogens is 310 g/mol. The molecule has 25 heavy (non-hydrogen) atoms. The lowest BCUT2D eigenvalue weighted by Gasteiger charge is -2.30. The van der Waals surface area contributed by atoms with Crippen LogP contribution in [0.2, 0.25) is 0 Å². The highest BCUT2D eigenvalue weighted by molar-refractivity contribution is 5.87. The van der Waals surface area contributed by atoms with Crippen LogP contribution in [0.1, 0.15) is 35.5 Å². The summed E-state index contributed by atoms with van der Waals surface area (Å²) in [4.78, 5) is 15.7. The predicted octanol–water partition coefficient (Wildman–Crippen LogP) is 2.67. The number of aryl methyl sites for hydroxylation is 3. The van der Waals surface area contributed by atoms with Crippen LogP contribution < -0.4 is 0 Å². The minimum atomic E-state index is 0.743. The second kappa shape index (κ2) is 5.92. The van der Waals surface area contributed by atoms with E-state index in [0.717, 1.165) is 31.1 Å². The van der Waals surface area contributed by atoms with Crippen LogP contribution in [0.15, 0.2) is 30.9 Å². The van der Waals surface area contributed by atoms with Gasteiger partial charge >= 0.3 is 0 Å². The van der Waals surface area contributed by atoms with Gasteiger partial charge < -0.3 is 4.57 Å². The third-order valence-corrected chi connectivity index (χ3v) is 5.96. The van der Waals surface area contributed by atoms with Crippen molar-refractivity contribution >= 4 is 10.9 Å². The maximum Gasteiger partial charge on any atom is 0.115 e. The van der Waals surface area contributed by atoms with Crippen molar-refractivity contribution in [3.05, 3.63) is 53.5 Å². The van der Waals surface area contributed by atoms with E-state index in [2.05, 4.69) is 32.5 Å². The monoisotopic (exact) mass is 333 g/mol. The van der Waals surface area contributed by atoms with E-state index in [1.54, 1.807) is 6.33 Å². The molecule has 3 aromatic rings. The first-order valence-corrected chi connectivity index (χ1v) is 9.24. The molecule has 0 amide bonds. The lowest BCUT2D eigenvalue weighted by Crippen LogP contribution is -2.35. The van der Waals surface area contributed by atoms with E-state index in [0.29, 0.717) is 0 Å². The summed E-state index contributed by atoms with van der Waals surface area (Å²) in [5, 5.41) is 1.40. The summed E-state index contributed by atoms with van der Waals surface area (Å²) in [6.45, 7) is 2.36. The summed E-state index contributed by atoms with van der Waals surface area (Å²) >= 11 is 0. The van der Waals surface area contributed by atoms with Gasteiger partial charge in [-0.15, -0.1) is 0 Å². The molecular formula is C20H23N5. The van der Waals surface area contributed by atoms with Gasteiger partial charge in [-0.25, -0.2) is 9.97 Å². The largest absolute Gasteiger partial charge is 0.346 e. The molecule has 0 spiro atoms. The van der Waals surface area contributed by atoms with Crippen LogP contribution in [0, 0.1) is 0 Å². The van der Waals surface area contributed by atoms with E-state index >= 15 is 0 Å². The SMILES string of the molecule is Cn1c2c(c3ccnc(CCc4ccncn4)c31)CN1CCCC1C2. The number of fused-ring (bicyclic) bond motifs is 4. The molecule has 0 N–H and O–H groups in total. The average molecular weight is 333 g/mol. The van der Waals surface area contributed by atoms with Crippen molar-refractivity contribution < 1.29 is 0 Å². The van der Waals surface area contributed by atoms with E-state index in [-0.39, 0.29) is 0 Å². The Balaban J connectivity index is 1.53. The zero-order valence-electron chi connectivity index (χ0n) is 14.6. The molecule has 5 heteroatoms. The van der Waals surface area contributed by atoms with Crippen LogP contribution >= 0.6 is 0 Å². The van der Waals surface area contributed by atoms with Crippen molar-refractivity contribution in [3.63, 3.8) is 0 Å². The molecule has 5 nitrogen and oxygen atoms in total. The Morgan fingerprint density at radius 2 is 2.12 bits per heavy atom. The lowest BCUT2D eigenvalue weighted by molar-refractivity contribution is 0.225. The number of hydrogen-bond donors (Lipinski definition) is 0. The summed E-state index contributed by atoms with van der Waals surface area (Å²) in [6, 6.07) is 4.94. The molecule has 128 valence electrons. The molecule has 1 saturated heterocycles. The van der Waals surface area contributed by atoms with Crippen LogP contribution in [-0.4, -0.2) is 37.0 Å². The van der Waals surface area contributed by atoms with Crippen LogP contribution in [0.25, 0.3) is 10.9 Å². The van der Waals surface area contributed by atoms with Gasteiger partial charge in [0.05, 0.1) is 11.2 Å². The minimum Gasteiger partial charge on any atom is -0.346 e. The number of hydrogen-bond acceptors (Lipinski definition) is 4. The molecule has 2 aliphatic heterocycles. The fourth-order valence-corrected chi connectivity index (χ4v) is 4.70. The van der Waals surface area contributed by atoms with Crippen LogP contribution in [0.5, 0.6) is 0 Å². The molecule has 0 bridgehead atoms. The first kappa shape index (κ1) is 15.0. The van der Waals surface area contributed by atoms with Crippen LogP contribution in [-0.2, 0) is 32.9 Å². The fraction of sp³-hybridized carbons (Fsp3) is 0.450. The highest BCUT2D eigenvalue weighted by Crippen LogP contribution is 2.36. The minimum absolute atomic E-state index is 0.743.